The standard InChI is InChI=1S/C11H9BrN2OS/c1-15-9-5-3-2-4-7(9)10-13-6-8(12)11(16)14-10/h2-6H,1H3,(H,13,14,16). The van der Waals surface area contributed by atoms with E-state index in [2.05, 4.69) is 25.9 Å². The zero-order valence-corrected chi connectivity index (χ0v) is 10.9. The molecule has 0 saturated carbocycles. The zero-order valence-electron chi connectivity index (χ0n) is 8.53. The second-order valence-corrected chi connectivity index (χ2v) is 4.37. The van der Waals surface area contributed by atoms with Crippen LogP contribution >= 0.6 is 28.1 Å². The van der Waals surface area contributed by atoms with Crippen LogP contribution in [-0.2, 0) is 0 Å². The number of halogens is 1. The maximum absolute atomic E-state index is 5.26. The number of benzene rings is 1. The number of aromatic amines is 1. The van der Waals surface area contributed by atoms with Gasteiger partial charge in [0.1, 0.15) is 16.2 Å². The summed E-state index contributed by atoms with van der Waals surface area (Å²) in [6, 6.07) is 7.66. The van der Waals surface area contributed by atoms with E-state index in [1.165, 1.54) is 0 Å². The van der Waals surface area contributed by atoms with Crippen molar-refractivity contribution < 1.29 is 4.74 Å². The summed E-state index contributed by atoms with van der Waals surface area (Å²) in [6.07, 6.45) is 1.68. The maximum Gasteiger partial charge on any atom is 0.142 e. The molecule has 0 atom stereocenters. The molecular formula is C11H9BrN2OS. The molecule has 0 spiro atoms. The maximum atomic E-state index is 5.26. The second-order valence-electron chi connectivity index (χ2n) is 3.11. The van der Waals surface area contributed by atoms with Crippen LogP contribution in [0, 0.1) is 4.64 Å². The predicted molar refractivity (Wildman–Crippen MR) is 69.1 cm³/mol. The van der Waals surface area contributed by atoms with E-state index in [0.29, 0.717) is 10.5 Å². The Hall–Kier alpha value is -1.20. The highest BCUT2D eigenvalue weighted by Gasteiger charge is 2.06. The molecule has 1 aromatic heterocycles. The lowest BCUT2D eigenvalue weighted by Crippen LogP contribution is -1.93. The molecule has 82 valence electrons. The molecule has 5 heteroatoms. The SMILES string of the molecule is COc1ccccc1-c1ncc(Br)c(=S)[nH]1. The zero-order chi connectivity index (χ0) is 11.5. The number of para-hydroxylation sites is 1. The first-order valence-corrected chi connectivity index (χ1v) is 5.80. The Bertz CT molecular complexity index is 568. The van der Waals surface area contributed by atoms with Crippen LogP contribution in [0.3, 0.4) is 0 Å². The third kappa shape index (κ3) is 2.15. The number of ether oxygens (including phenoxy) is 1. The van der Waals surface area contributed by atoms with E-state index in [1.807, 2.05) is 24.3 Å². The molecule has 0 aliphatic rings. The van der Waals surface area contributed by atoms with Crippen molar-refractivity contribution in [2.45, 2.75) is 0 Å². The van der Waals surface area contributed by atoms with E-state index >= 15 is 0 Å². The lowest BCUT2D eigenvalue weighted by Gasteiger charge is -2.07. The molecule has 1 aromatic carbocycles. The van der Waals surface area contributed by atoms with Gasteiger partial charge >= 0.3 is 0 Å². The van der Waals surface area contributed by atoms with Crippen LogP contribution in [0.1, 0.15) is 0 Å². The fourth-order valence-corrected chi connectivity index (χ4v) is 1.71. The van der Waals surface area contributed by atoms with Gasteiger partial charge in [-0.05, 0) is 28.1 Å². The molecule has 2 rings (SSSR count). The molecule has 1 N–H and O–H groups in total. The van der Waals surface area contributed by atoms with Crippen molar-refractivity contribution in [2.24, 2.45) is 0 Å². The van der Waals surface area contributed by atoms with Gasteiger partial charge in [-0.15, -0.1) is 0 Å². The van der Waals surface area contributed by atoms with Crippen LogP contribution in [0.15, 0.2) is 34.9 Å². The lowest BCUT2D eigenvalue weighted by atomic mass is 10.2. The summed E-state index contributed by atoms with van der Waals surface area (Å²) in [5.74, 6) is 1.47. The highest BCUT2D eigenvalue weighted by atomic mass is 79.9. The highest BCUT2D eigenvalue weighted by Crippen LogP contribution is 2.27. The number of hydrogen-bond donors (Lipinski definition) is 1. The van der Waals surface area contributed by atoms with Gasteiger partial charge in [-0.25, -0.2) is 4.98 Å². The van der Waals surface area contributed by atoms with Gasteiger partial charge in [0, 0.05) is 6.20 Å². The molecule has 1 heterocycles. The minimum Gasteiger partial charge on any atom is -0.496 e. The van der Waals surface area contributed by atoms with Crippen LogP contribution in [-0.4, -0.2) is 17.1 Å². The largest absolute Gasteiger partial charge is 0.496 e. The first-order chi connectivity index (χ1) is 7.72. The number of aromatic nitrogens is 2. The molecule has 0 fully saturated rings. The van der Waals surface area contributed by atoms with Crippen LogP contribution < -0.4 is 4.74 Å². The number of H-pyrrole nitrogens is 1. The molecule has 2 aromatic rings. The molecule has 0 aliphatic heterocycles. The van der Waals surface area contributed by atoms with Gasteiger partial charge < -0.3 is 9.72 Å². The molecule has 0 aliphatic carbocycles. The number of nitrogens with one attached hydrogen (secondary N) is 1. The fraction of sp³-hybridized carbons (Fsp3) is 0.0909. The third-order valence-corrected chi connectivity index (χ3v) is 3.30. The molecule has 0 saturated heterocycles. The Kier molecular flexibility index (Phi) is 3.36. The summed E-state index contributed by atoms with van der Waals surface area (Å²) in [4.78, 5) is 7.31. The van der Waals surface area contributed by atoms with Crippen molar-refractivity contribution in [3.8, 4) is 17.1 Å². The number of methoxy groups -OCH3 is 1. The highest BCUT2D eigenvalue weighted by molar-refractivity contribution is 9.10. The minimum atomic E-state index is 0.621. The van der Waals surface area contributed by atoms with Gasteiger partial charge in [-0.1, -0.05) is 24.4 Å². The summed E-state index contributed by atoms with van der Waals surface area (Å²) >= 11 is 8.45. The van der Waals surface area contributed by atoms with Crippen molar-refractivity contribution in [3.05, 3.63) is 39.6 Å². The van der Waals surface area contributed by atoms with Crippen molar-refractivity contribution in [1.82, 2.24) is 9.97 Å². The van der Waals surface area contributed by atoms with Crippen LogP contribution in [0.5, 0.6) is 5.75 Å². The van der Waals surface area contributed by atoms with Gasteiger partial charge in [-0.2, -0.15) is 0 Å². The summed E-state index contributed by atoms with van der Waals surface area (Å²) in [7, 11) is 1.63. The Morgan fingerprint density at radius 1 is 1.38 bits per heavy atom. The van der Waals surface area contributed by atoms with E-state index in [4.69, 9.17) is 17.0 Å². The van der Waals surface area contributed by atoms with Crippen molar-refractivity contribution in [2.75, 3.05) is 7.11 Å². The Labute approximate surface area is 107 Å². The van der Waals surface area contributed by atoms with Gasteiger partial charge in [-0.3, -0.25) is 0 Å². The number of hydrogen-bond acceptors (Lipinski definition) is 3. The van der Waals surface area contributed by atoms with E-state index in [1.54, 1.807) is 13.3 Å². The van der Waals surface area contributed by atoms with Gasteiger partial charge in [0.25, 0.3) is 0 Å². The van der Waals surface area contributed by atoms with Crippen molar-refractivity contribution >= 4 is 28.1 Å². The molecule has 0 amide bonds. The van der Waals surface area contributed by atoms with Crippen LogP contribution in [0.25, 0.3) is 11.4 Å². The van der Waals surface area contributed by atoms with E-state index < -0.39 is 0 Å². The van der Waals surface area contributed by atoms with E-state index in [0.717, 1.165) is 15.8 Å². The normalized spacial score (nSPS) is 10.1. The van der Waals surface area contributed by atoms with Gasteiger partial charge in [0.15, 0.2) is 0 Å². The van der Waals surface area contributed by atoms with Crippen molar-refractivity contribution in [1.29, 1.82) is 0 Å². The van der Waals surface area contributed by atoms with Gasteiger partial charge in [0.2, 0.25) is 0 Å². The average Bonchev–Trinajstić information content (AvgIpc) is 2.32. The third-order valence-electron chi connectivity index (χ3n) is 2.12. The quantitative estimate of drug-likeness (QED) is 0.861. The summed E-state index contributed by atoms with van der Waals surface area (Å²) in [5.41, 5.74) is 0.892. The first kappa shape index (κ1) is 11.3. The van der Waals surface area contributed by atoms with Gasteiger partial charge in [0.05, 0.1) is 17.1 Å². The summed E-state index contributed by atoms with van der Waals surface area (Å²) in [5, 5.41) is 0. The first-order valence-electron chi connectivity index (χ1n) is 4.60. The van der Waals surface area contributed by atoms with Crippen LogP contribution in [0.2, 0.25) is 0 Å². The molecule has 0 unspecified atom stereocenters. The number of rotatable bonds is 2. The molecule has 0 bridgehead atoms. The average molecular weight is 297 g/mol. The lowest BCUT2D eigenvalue weighted by molar-refractivity contribution is 0.416. The topological polar surface area (TPSA) is 37.9 Å². The monoisotopic (exact) mass is 296 g/mol. The molecule has 16 heavy (non-hydrogen) atoms. The molecule has 3 nitrogen and oxygen atoms in total. The summed E-state index contributed by atoms with van der Waals surface area (Å²) < 4.78 is 6.66. The Balaban J connectivity index is 2.58. The van der Waals surface area contributed by atoms with E-state index in [9.17, 15) is 0 Å². The fourth-order valence-electron chi connectivity index (χ4n) is 1.36. The Morgan fingerprint density at radius 3 is 2.81 bits per heavy atom. The Morgan fingerprint density at radius 2 is 2.12 bits per heavy atom. The minimum absolute atomic E-state index is 0.621. The van der Waals surface area contributed by atoms with Crippen molar-refractivity contribution in [3.63, 3.8) is 0 Å². The molecular weight excluding hydrogens is 288 g/mol. The summed E-state index contributed by atoms with van der Waals surface area (Å²) in [6.45, 7) is 0. The second kappa shape index (κ2) is 4.76. The number of nitrogens with zero attached hydrogens (tertiary/aromatic N) is 1. The molecule has 0 radical (unpaired) electrons. The van der Waals surface area contributed by atoms with Crippen LogP contribution in [0.4, 0.5) is 0 Å². The predicted octanol–water partition coefficient (Wildman–Crippen LogP) is 3.58. The van der Waals surface area contributed by atoms with E-state index in [-0.39, 0.29) is 0 Å². The smallest absolute Gasteiger partial charge is 0.142 e.